The van der Waals surface area contributed by atoms with E-state index in [2.05, 4.69) is 58.6 Å². The first-order valence-corrected chi connectivity index (χ1v) is 26.5. The van der Waals surface area contributed by atoms with Crippen LogP contribution in [0.25, 0.3) is 32.0 Å². The lowest BCUT2D eigenvalue weighted by Crippen LogP contribution is -2.28. The monoisotopic (exact) mass is 973 g/mol. The van der Waals surface area contributed by atoms with E-state index in [1.807, 2.05) is 54.7 Å². The molecule has 6 rings (SSSR count). The minimum atomic E-state index is -4.42. The van der Waals surface area contributed by atoms with Crippen LogP contribution in [0.5, 0.6) is 0 Å². The molecule has 1 amide bonds. The van der Waals surface area contributed by atoms with E-state index < -0.39 is 41.2 Å². The lowest BCUT2D eigenvalue weighted by atomic mass is 9.79. The van der Waals surface area contributed by atoms with Crippen molar-refractivity contribution in [1.82, 2.24) is 5.32 Å². The number of azide groups is 1. The van der Waals surface area contributed by atoms with Gasteiger partial charge in [-0.05, 0) is 121 Å². The number of nitrogens with one attached hydrogen (secondary N) is 1. The molecule has 0 saturated heterocycles. The number of hydrogen-bond acceptors (Lipinski definition) is 9. The summed E-state index contributed by atoms with van der Waals surface area (Å²) in [5.74, 6) is -0.407. The van der Waals surface area contributed by atoms with Gasteiger partial charge in [0.2, 0.25) is 11.6 Å². The third kappa shape index (κ3) is 11.9. The molecule has 0 aromatic heterocycles. The fourth-order valence-electron chi connectivity index (χ4n) is 9.23. The number of carbonyl (C=O) groups is 1. The molecule has 4 aromatic carbocycles. The molecule has 4 aromatic rings. The van der Waals surface area contributed by atoms with Gasteiger partial charge in [0.15, 0.2) is 5.71 Å². The molecule has 19 heteroatoms. The summed E-state index contributed by atoms with van der Waals surface area (Å²) in [4.78, 5) is 16.8. The molecule has 0 spiro atoms. The number of anilines is 1. The zero-order valence-corrected chi connectivity index (χ0v) is 40.4. The molecular formula is C48H57N6O10S3+. The molecule has 2 heterocycles. The summed E-state index contributed by atoms with van der Waals surface area (Å²) in [5.41, 5.74) is 13.1. The van der Waals surface area contributed by atoms with Gasteiger partial charge in [0.1, 0.15) is 6.54 Å². The van der Waals surface area contributed by atoms with E-state index in [-0.39, 0.29) is 27.9 Å². The third-order valence-electron chi connectivity index (χ3n) is 12.3. The number of hydrogen-bond donors (Lipinski definition) is 4. The molecule has 2 aliphatic rings. The molecule has 0 bridgehead atoms. The summed E-state index contributed by atoms with van der Waals surface area (Å²) in [6.45, 7) is 10.3. The lowest BCUT2D eigenvalue weighted by Gasteiger charge is -2.27. The van der Waals surface area contributed by atoms with Gasteiger partial charge in [-0.25, -0.2) is 0 Å². The van der Waals surface area contributed by atoms with Crippen LogP contribution < -0.4 is 10.2 Å². The van der Waals surface area contributed by atoms with Gasteiger partial charge in [-0.15, -0.1) is 0 Å². The van der Waals surface area contributed by atoms with E-state index in [0.717, 1.165) is 57.5 Å². The van der Waals surface area contributed by atoms with Crippen molar-refractivity contribution in [2.75, 3.05) is 36.8 Å². The molecule has 0 saturated carbocycles. The average molecular weight is 974 g/mol. The fraction of sp³-hybridized carbons (Fsp3) is 0.375. The number of allylic oxidation sites excluding steroid dienone is 8. The van der Waals surface area contributed by atoms with Crippen LogP contribution >= 0.6 is 0 Å². The molecular weight excluding hydrogens is 917 g/mol. The van der Waals surface area contributed by atoms with E-state index >= 15 is 0 Å². The van der Waals surface area contributed by atoms with Crippen molar-refractivity contribution in [3.05, 3.63) is 130 Å². The first-order chi connectivity index (χ1) is 31.6. The van der Waals surface area contributed by atoms with Gasteiger partial charge in [-0.3, -0.25) is 18.5 Å². The Kier molecular flexibility index (Phi) is 15.7. The summed E-state index contributed by atoms with van der Waals surface area (Å²) in [5, 5.41) is 9.35. The first kappa shape index (κ1) is 50.7. The highest BCUT2D eigenvalue weighted by Crippen LogP contribution is 2.51. The number of rotatable bonds is 21. The molecule has 0 unspecified atom stereocenters. The van der Waals surface area contributed by atoms with Gasteiger partial charge in [-0.2, -0.15) is 29.8 Å². The van der Waals surface area contributed by atoms with Gasteiger partial charge in [0, 0.05) is 71.9 Å². The molecule has 356 valence electrons. The van der Waals surface area contributed by atoms with E-state index in [1.165, 1.54) is 24.3 Å². The summed E-state index contributed by atoms with van der Waals surface area (Å²) < 4.78 is 102. The number of fused-ring (bicyclic) bond motifs is 6. The van der Waals surface area contributed by atoms with Crippen molar-refractivity contribution < 1.29 is 48.3 Å². The van der Waals surface area contributed by atoms with E-state index in [1.54, 1.807) is 18.2 Å². The minimum absolute atomic E-state index is 0.0487. The van der Waals surface area contributed by atoms with Crippen LogP contribution in [0, 0.1) is 0 Å². The molecule has 2 aliphatic heterocycles. The quantitative estimate of drug-likeness (QED) is 0.0117. The smallest absolute Gasteiger partial charge is 0.294 e. The highest BCUT2D eigenvalue weighted by Gasteiger charge is 2.45. The maximum Gasteiger partial charge on any atom is 0.294 e. The topological polar surface area (TPSA) is 247 Å². The minimum Gasteiger partial charge on any atom is -0.356 e. The second-order valence-corrected chi connectivity index (χ2v) is 22.1. The summed E-state index contributed by atoms with van der Waals surface area (Å²) in [6.07, 6.45) is 17.6. The normalized spacial score (nSPS) is 16.5. The van der Waals surface area contributed by atoms with E-state index in [4.69, 9.17) is 5.53 Å². The van der Waals surface area contributed by atoms with Crippen molar-refractivity contribution in [3.8, 4) is 0 Å². The molecule has 16 nitrogen and oxygen atoms in total. The molecule has 0 aliphatic carbocycles. The second kappa shape index (κ2) is 20.7. The Morgan fingerprint density at radius 2 is 1.37 bits per heavy atom. The van der Waals surface area contributed by atoms with E-state index in [0.29, 0.717) is 62.6 Å². The van der Waals surface area contributed by atoms with Gasteiger partial charge in [0.25, 0.3) is 30.4 Å². The van der Waals surface area contributed by atoms with Crippen molar-refractivity contribution >= 4 is 74.9 Å². The number of carbonyl (C=O) groups excluding carboxylic acids is 1. The zero-order chi connectivity index (χ0) is 48.8. The summed E-state index contributed by atoms with van der Waals surface area (Å²) in [7, 11) is -12.9. The van der Waals surface area contributed by atoms with Gasteiger partial charge in [-0.1, -0.05) is 67.5 Å². The highest BCUT2D eigenvalue weighted by molar-refractivity contribution is 7.86. The Morgan fingerprint density at radius 3 is 2.01 bits per heavy atom. The zero-order valence-electron chi connectivity index (χ0n) is 38.0. The molecule has 4 N–H and O–H groups in total. The Balaban J connectivity index is 1.25. The van der Waals surface area contributed by atoms with Crippen LogP contribution in [0.2, 0.25) is 0 Å². The summed E-state index contributed by atoms with van der Waals surface area (Å²) >= 11 is 0. The Hall–Kier alpha value is -5.66. The average Bonchev–Trinajstić information content (AvgIpc) is 3.61. The van der Waals surface area contributed by atoms with Crippen molar-refractivity contribution in [2.24, 2.45) is 5.11 Å². The first-order valence-electron chi connectivity index (χ1n) is 22.0. The van der Waals surface area contributed by atoms with Crippen LogP contribution in [0.15, 0.2) is 124 Å². The Labute approximate surface area is 392 Å². The number of amides is 1. The van der Waals surface area contributed by atoms with Gasteiger partial charge < -0.3 is 10.2 Å². The van der Waals surface area contributed by atoms with Gasteiger partial charge >= 0.3 is 0 Å². The Bertz CT molecular complexity index is 3130. The van der Waals surface area contributed by atoms with Crippen LogP contribution in [-0.4, -0.2) is 87.0 Å². The van der Waals surface area contributed by atoms with Crippen molar-refractivity contribution in [2.45, 2.75) is 93.3 Å². The maximum atomic E-state index is 12.4. The van der Waals surface area contributed by atoms with Crippen molar-refractivity contribution in [3.63, 3.8) is 0 Å². The molecule has 0 radical (unpaired) electrons. The standard InChI is InChI=1S/C48H56N6O10S3/c1-47(2)42(53(29-12-8-11-18-44(55)50-27-15-28-51-52-49)40-25-19-34-32-36(66(59,60)61)21-23-38(34)45(40)47)16-9-6-5-7-10-17-43-48(3,4)46-39-24-22-37(67(62,63)64)33-35(39)20-26-41(46)54(43)30-13-14-31-65(56,57)58/h5-7,9-10,16-17,19-26,32-33H,8,11-15,18,27-31H2,1-4H3,(H3-,50,55,56,57,58,59,60,61,62,63,64)/p+1. The Morgan fingerprint density at radius 1 is 0.746 bits per heavy atom. The van der Waals surface area contributed by atoms with Crippen LogP contribution in [0.3, 0.4) is 0 Å². The molecule has 0 fully saturated rings. The van der Waals surface area contributed by atoms with Gasteiger partial charge in [0.05, 0.1) is 21.0 Å². The fourth-order valence-corrected chi connectivity index (χ4v) is 10.8. The highest BCUT2D eigenvalue weighted by atomic mass is 32.2. The SMILES string of the molecule is CC1(C)C(/C=C/C=C/C=C/C=C2/N(CCCCS(=O)(=O)O)c3ccc4cc(S(=O)(=O)O)ccc4c3C2(C)C)=[N+](CCCCCC(=O)NCCCN=[N+]=[N-])c2ccc3cc(S(=O)(=O)O)ccc3c21. The summed E-state index contributed by atoms with van der Waals surface area (Å²) in [6, 6.07) is 16.7. The van der Waals surface area contributed by atoms with Crippen LogP contribution in [0.4, 0.5) is 11.4 Å². The molecule has 0 atom stereocenters. The van der Waals surface area contributed by atoms with Crippen molar-refractivity contribution in [1.29, 1.82) is 0 Å². The maximum absolute atomic E-state index is 12.4. The van der Waals surface area contributed by atoms with E-state index in [9.17, 15) is 43.7 Å². The number of benzene rings is 4. The molecule has 67 heavy (non-hydrogen) atoms. The number of nitrogens with zero attached hydrogens (tertiary/aromatic N) is 5. The lowest BCUT2D eigenvalue weighted by molar-refractivity contribution is -0.438. The predicted molar refractivity (Wildman–Crippen MR) is 262 cm³/mol. The third-order valence-corrected chi connectivity index (χ3v) is 14.8. The largest absolute Gasteiger partial charge is 0.356 e. The van der Waals surface area contributed by atoms with Crippen LogP contribution in [-0.2, 0) is 46.0 Å². The van der Waals surface area contributed by atoms with Crippen LogP contribution in [0.1, 0.15) is 83.8 Å². The second-order valence-electron chi connectivity index (χ2n) is 17.7. The predicted octanol–water partition coefficient (Wildman–Crippen LogP) is 9.26. The number of unbranched alkanes of at least 4 members (excludes halogenated alkanes) is 3.